The first-order chi connectivity index (χ1) is 14.4. The fourth-order valence-electron chi connectivity index (χ4n) is 4.09. The highest BCUT2D eigenvalue weighted by atomic mass is 32.1. The number of carbonyl (C=O) groups excluding carboxylic acids is 1. The molecule has 1 aromatic carbocycles. The Morgan fingerprint density at radius 3 is 2.73 bits per heavy atom. The number of hydrogen-bond acceptors (Lipinski definition) is 4. The van der Waals surface area contributed by atoms with Crippen LogP contribution in [0.1, 0.15) is 32.6 Å². The van der Waals surface area contributed by atoms with E-state index < -0.39 is 22.9 Å². The third-order valence-electron chi connectivity index (χ3n) is 5.62. The Hall–Kier alpha value is -2.81. The third-order valence-corrected chi connectivity index (χ3v) is 6.51. The van der Waals surface area contributed by atoms with Crippen LogP contribution in [0.3, 0.4) is 0 Å². The summed E-state index contributed by atoms with van der Waals surface area (Å²) < 4.78 is 29.8. The Morgan fingerprint density at radius 2 is 2.00 bits per heavy atom. The van der Waals surface area contributed by atoms with Crippen LogP contribution < -0.4 is 11.2 Å². The van der Waals surface area contributed by atoms with E-state index in [2.05, 4.69) is 0 Å². The highest BCUT2D eigenvalue weighted by Crippen LogP contribution is 2.21. The van der Waals surface area contributed by atoms with E-state index >= 15 is 0 Å². The molecule has 0 spiro atoms. The molecular weight excluding hydrogens is 412 g/mol. The van der Waals surface area contributed by atoms with Crippen molar-refractivity contribution in [3.8, 4) is 5.69 Å². The van der Waals surface area contributed by atoms with E-state index in [1.807, 2.05) is 6.92 Å². The number of carbonyl (C=O) groups is 1. The lowest BCUT2D eigenvalue weighted by Crippen LogP contribution is -2.47. The van der Waals surface area contributed by atoms with Gasteiger partial charge in [-0.15, -0.1) is 11.3 Å². The highest BCUT2D eigenvalue weighted by Gasteiger charge is 2.27. The molecule has 0 bridgehead atoms. The molecule has 6 nitrogen and oxygen atoms in total. The van der Waals surface area contributed by atoms with Crippen molar-refractivity contribution < 1.29 is 13.6 Å². The van der Waals surface area contributed by atoms with Crippen LogP contribution in [0.4, 0.5) is 8.78 Å². The monoisotopic (exact) mass is 433 g/mol. The number of amides is 1. The SMILES string of the molecule is CC[C@@H]1CCCCN1C(=O)Cn1c(=O)n(-c2ccc(F)cc2F)c(=O)c2sccc21. The molecule has 1 aliphatic heterocycles. The molecule has 1 atom stereocenters. The topological polar surface area (TPSA) is 64.3 Å². The van der Waals surface area contributed by atoms with Gasteiger partial charge in [0.25, 0.3) is 5.56 Å². The van der Waals surface area contributed by atoms with Crippen LogP contribution in [-0.2, 0) is 11.3 Å². The molecule has 1 saturated heterocycles. The van der Waals surface area contributed by atoms with E-state index in [1.54, 1.807) is 16.3 Å². The van der Waals surface area contributed by atoms with Gasteiger partial charge < -0.3 is 4.90 Å². The van der Waals surface area contributed by atoms with Crippen molar-refractivity contribution >= 4 is 27.5 Å². The molecule has 0 saturated carbocycles. The zero-order chi connectivity index (χ0) is 21.4. The van der Waals surface area contributed by atoms with E-state index in [9.17, 15) is 23.2 Å². The summed E-state index contributed by atoms with van der Waals surface area (Å²) in [6.07, 6.45) is 3.72. The minimum absolute atomic E-state index is 0.125. The van der Waals surface area contributed by atoms with Crippen LogP contribution >= 0.6 is 11.3 Å². The summed E-state index contributed by atoms with van der Waals surface area (Å²) in [4.78, 5) is 40.9. The second-order valence-corrected chi connectivity index (χ2v) is 8.30. The number of hydrogen-bond donors (Lipinski definition) is 0. The summed E-state index contributed by atoms with van der Waals surface area (Å²) >= 11 is 1.11. The lowest BCUT2D eigenvalue weighted by atomic mass is 10.00. The van der Waals surface area contributed by atoms with Gasteiger partial charge in [-0.1, -0.05) is 6.92 Å². The fraction of sp³-hybridized carbons (Fsp3) is 0.381. The zero-order valence-electron chi connectivity index (χ0n) is 16.4. The molecule has 1 aliphatic rings. The lowest BCUT2D eigenvalue weighted by molar-refractivity contribution is -0.135. The first-order valence-electron chi connectivity index (χ1n) is 9.90. The highest BCUT2D eigenvalue weighted by molar-refractivity contribution is 7.17. The van der Waals surface area contributed by atoms with Gasteiger partial charge >= 0.3 is 5.69 Å². The van der Waals surface area contributed by atoms with Gasteiger partial charge in [0.15, 0.2) is 0 Å². The number of fused-ring (bicyclic) bond motifs is 1. The lowest BCUT2D eigenvalue weighted by Gasteiger charge is -2.35. The Balaban J connectivity index is 1.84. The molecule has 2 aromatic heterocycles. The number of rotatable bonds is 4. The molecule has 0 radical (unpaired) electrons. The summed E-state index contributed by atoms with van der Waals surface area (Å²) in [6.45, 7) is 2.41. The van der Waals surface area contributed by atoms with Gasteiger partial charge in [0, 0.05) is 18.7 Å². The predicted molar refractivity (Wildman–Crippen MR) is 111 cm³/mol. The number of nitrogens with zero attached hydrogens (tertiary/aromatic N) is 3. The minimum Gasteiger partial charge on any atom is -0.338 e. The van der Waals surface area contributed by atoms with E-state index in [1.165, 1.54) is 4.57 Å². The number of aromatic nitrogens is 2. The molecule has 9 heteroatoms. The summed E-state index contributed by atoms with van der Waals surface area (Å²) in [5, 5.41) is 1.65. The molecule has 0 unspecified atom stereocenters. The molecule has 1 amide bonds. The maximum Gasteiger partial charge on any atom is 0.336 e. The van der Waals surface area contributed by atoms with E-state index in [0.29, 0.717) is 22.7 Å². The number of halogens is 2. The van der Waals surface area contributed by atoms with Crippen LogP contribution in [0.15, 0.2) is 39.2 Å². The average Bonchev–Trinajstić information content (AvgIpc) is 3.22. The molecule has 0 aliphatic carbocycles. The molecule has 158 valence electrons. The van der Waals surface area contributed by atoms with Crippen LogP contribution in [0.25, 0.3) is 15.9 Å². The van der Waals surface area contributed by atoms with Crippen molar-refractivity contribution in [2.45, 2.75) is 45.2 Å². The number of piperidine rings is 1. The van der Waals surface area contributed by atoms with Crippen molar-refractivity contribution in [1.82, 2.24) is 14.0 Å². The van der Waals surface area contributed by atoms with Crippen molar-refractivity contribution in [1.29, 1.82) is 0 Å². The Kier molecular flexibility index (Phi) is 5.55. The van der Waals surface area contributed by atoms with Gasteiger partial charge in [-0.05, 0) is 49.3 Å². The van der Waals surface area contributed by atoms with Gasteiger partial charge in [-0.3, -0.25) is 14.2 Å². The smallest absolute Gasteiger partial charge is 0.336 e. The molecule has 3 heterocycles. The normalized spacial score (nSPS) is 16.9. The Morgan fingerprint density at radius 1 is 1.20 bits per heavy atom. The number of thiophene rings is 1. The van der Waals surface area contributed by atoms with Crippen LogP contribution in [0, 0.1) is 11.6 Å². The quantitative estimate of drug-likeness (QED) is 0.634. The van der Waals surface area contributed by atoms with Gasteiger partial charge in [0.05, 0.1) is 11.2 Å². The van der Waals surface area contributed by atoms with Gasteiger partial charge in [0.2, 0.25) is 5.91 Å². The number of benzene rings is 1. The van der Waals surface area contributed by atoms with E-state index in [0.717, 1.165) is 49.2 Å². The molecule has 4 rings (SSSR count). The Labute approximate surface area is 175 Å². The first kappa shape index (κ1) is 20.5. The largest absolute Gasteiger partial charge is 0.338 e. The number of likely N-dealkylation sites (tertiary alicyclic amines) is 1. The summed E-state index contributed by atoms with van der Waals surface area (Å²) in [5.41, 5.74) is -1.52. The molecule has 30 heavy (non-hydrogen) atoms. The summed E-state index contributed by atoms with van der Waals surface area (Å²) in [6, 6.07) is 4.39. The molecule has 0 N–H and O–H groups in total. The van der Waals surface area contributed by atoms with Crippen LogP contribution in [-0.4, -0.2) is 32.5 Å². The molecule has 1 fully saturated rings. The van der Waals surface area contributed by atoms with Crippen LogP contribution in [0.5, 0.6) is 0 Å². The van der Waals surface area contributed by atoms with Gasteiger partial charge in [-0.25, -0.2) is 18.1 Å². The van der Waals surface area contributed by atoms with Crippen molar-refractivity contribution in [3.63, 3.8) is 0 Å². The molecular formula is C21H21F2N3O3S. The van der Waals surface area contributed by atoms with Crippen molar-refractivity contribution in [2.24, 2.45) is 0 Å². The van der Waals surface area contributed by atoms with Crippen LogP contribution in [0.2, 0.25) is 0 Å². The van der Waals surface area contributed by atoms with Crippen molar-refractivity contribution in [3.05, 3.63) is 62.1 Å². The van der Waals surface area contributed by atoms with E-state index in [-0.39, 0.29) is 28.9 Å². The zero-order valence-corrected chi connectivity index (χ0v) is 17.3. The second kappa shape index (κ2) is 8.14. The second-order valence-electron chi connectivity index (χ2n) is 7.38. The Bertz CT molecular complexity index is 1230. The minimum atomic E-state index is -1.02. The van der Waals surface area contributed by atoms with Gasteiger partial charge in [-0.2, -0.15) is 0 Å². The van der Waals surface area contributed by atoms with Crippen molar-refractivity contribution in [2.75, 3.05) is 6.54 Å². The maximum atomic E-state index is 14.4. The average molecular weight is 433 g/mol. The third kappa shape index (κ3) is 3.47. The predicted octanol–water partition coefficient (Wildman–Crippen LogP) is 3.28. The first-order valence-corrected chi connectivity index (χ1v) is 10.8. The standard InChI is InChI=1S/C21H21F2N3O3S/c1-2-14-5-3-4-9-24(14)18(27)12-25-17-8-10-30-19(17)20(28)26(21(25)29)16-7-6-13(22)11-15(16)23/h6-8,10-11,14H,2-5,9,12H2,1H3/t14-/m1/s1. The summed E-state index contributed by atoms with van der Waals surface area (Å²) in [5.74, 6) is -2.04. The van der Waals surface area contributed by atoms with Gasteiger partial charge in [0.1, 0.15) is 22.9 Å². The fourth-order valence-corrected chi connectivity index (χ4v) is 4.92. The molecule has 3 aromatic rings. The van der Waals surface area contributed by atoms with E-state index in [4.69, 9.17) is 0 Å². The maximum absolute atomic E-state index is 14.4. The summed E-state index contributed by atoms with van der Waals surface area (Å²) in [7, 11) is 0.